The highest BCUT2D eigenvalue weighted by molar-refractivity contribution is 5.94. The van der Waals surface area contributed by atoms with E-state index in [1.54, 1.807) is 13.2 Å². The third-order valence-electron chi connectivity index (χ3n) is 3.58. The second-order valence-electron chi connectivity index (χ2n) is 5.08. The minimum atomic E-state index is -0.326. The van der Waals surface area contributed by atoms with E-state index in [0.717, 1.165) is 24.8 Å². The lowest BCUT2D eigenvalue weighted by Crippen LogP contribution is -2.08. The zero-order valence-electron chi connectivity index (χ0n) is 13.2. The first-order valence-electron chi connectivity index (χ1n) is 7.59. The van der Waals surface area contributed by atoms with Crippen molar-refractivity contribution in [2.75, 3.05) is 14.2 Å². The van der Waals surface area contributed by atoms with Gasteiger partial charge < -0.3 is 9.47 Å². The van der Waals surface area contributed by atoms with Crippen LogP contribution in [0.1, 0.15) is 54.4 Å². The summed E-state index contributed by atoms with van der Waals surface area (Å²) in [5.41, 5.74) is 1.57. The lowest BCUT2D eigenvalue weighted by Gasteiger charge is -2.12. The van der Waals surface area contributed by atoms with Gasteiger partial charge in [0, 0.05) is 0 Å². The van der Waals surface area contributed by atoms with E-state index in [1.807, 2.05) is 18.2 Å². The standard InChI is InChI=1S/C18H26O3/c1-4-5-6-7-8-9-10-12-15-13-11-14-16(20-2)17(15)18(19)21-3/h4,11,13-14H,1,5-10,12H2,2-3H3. The van der Waals surface area contributed by atoms with Gasteiger partial charge in [-0.1, -0.05) is 37.5 Å². The number of ether oxygens (including phenoxy) is 2. The van der Waals surface area contributed by atoms with E-state index < -0.39 is 0 Å². The quantitative estimate of drug-likeness (QED) is 0.360. The molecule has 0 amide bonds. The predicted octanol–water partition coefficient (Wildman–Crippen LogP) is 4.55. The molecule has 0 aliphatic rings. The molecule has 3 nitrogen and oxygen atoms in total. The Kier molecular flexibility index (Phi) is 8.25. The molecule has 3 heteroatoms. The molecule has 0 spiro atoms. The van der Waals surface area contributed by atoms with E-state index in [9.17, 15) is 4.79 Å². The Morgan fingerprint density at radius 1 is 1.14 bits per heavy atom. The smallest absolute Gasteiger partial charge is 0.341 e. The normalized spacial score (nSPS) is 10.2. The number of allylic oxidation sites excluding steroid dienone is 1. The van der Waals surface area contributed by atoms with Gasteiger partial charge in [-0.2, -0.15) is 0 Å². The summed E-state index contributed by atoms with van der Waals surface area (Å²) in [5, 5.41) is 0. The zero-order valence-corrected chi connectivity index (χ0v) is 13.2. The molecule has 0 saturated carbocycles. The van der Waals surface area contributed by atoms with Crippen LogP contribution in [0.15, 0.2) is 30.9 Å². The summed E-state index contributed by atoms with van der Waals surface area (Å²) in [7, 11) is 2.98. The summed E-state index contributed by atoms with van der Waals surface area (Å²) in [6.07, 6.45) is 9.89. The van der Waals surface area contributed by atoms with Crippen LogP contribution in [0.25, 0.3) is 0 Å². The molecular weight excluding hydrogens is 264 g/mol. The Morgan fingerprint density at radius 3 is 2.52 bits per heavy atom. The molecule has 0 heterocycles. The average molecular weight is 290 g/mol. The molecular formula is C18H26O3. The minimum Gasteiger partial charge on any atom is -0.496 e. The molecule has 21 heavy (non-hydrogen) atoms. The van der Waals surface area contributed by atoms with Crippen molar-refractivity contribution in [2.45, 2.75) is 44.9 Å². The van der Waals surface area contributed by atoms with E-state index in [1.165, 1.54) is 32.8 Å². The van der Waals surface area contributed by atoms with Gasteiger partial charge in [-0.15, -0.1) is 6.58 Å². The van der Waals surface area contributed by atoms with Crippen LogP contribution in [0.5, 0.6) is 5.75 Å². The van der Waals surface area contributed by atoms with Crippen LogP contribution in [0.2, 0.25) is 0 Å². The number of hydrogen-bond acceptors (Lipinski definition) is 3. The van der Waals surface area contributed by atoms with Gasteiger partial charge >= 0.3 is 5.97 Å². The molecule has 0 unspecified atom stereocenters. The number of carbonyl (C=O) groups excluding carboxylic acids is 1. The second kappa shape index (κ2) is 10.0. The van der Waals surface area contributed by atoms with Crippen molar-refractivity contribution in [3.63, 3.8) is 0 Å². The summed E-state index contributed by atoms with van der Waals surface area (Å²) in [5.74, 6) is 0.263. The summed E-state index contributed by atoms with van der Waals surface area (Å²) in [6, 6.07) is 5.70. The van der Waals surface area contributed by atoms with Gasteiger partial charge in [0.05, 0.1) is 14.2 Å². The molecule has 0 N–H and O–H groups in total. The number of hydrogen-bond donors (Lipinski definition) is 0. The van der Waals surface area contributed by atoms with Crippen LogP contribution in [0, 0.1) is 0 Å². The highest BCUT2D eigenvalue weighted by Gasteiger charge is 2.17. The maximum Gasteiger partial charge on any atom is 0.341 e. The summed E-state index contributed by atoms with van der Waals surface area (Å²) in [6.45, 7) is 3.73. The van der Waals surface area contributed by atoms with Crippen LogP contribution < -0.4 is 4.74 Å². The Hall–Kier alpha value is -1.77. The fourth-order valence-corrected chi connectivity index (χ4v) is 2.42. The summed E-state index contributed by atoms with van der Waals surface area (Å²) < 4.78 is 10.1. The topological polar surface area (TPSA) is 35.5 Å². The first kappa shape index (κ1) is 17.3. The number of benzene rings is 1. The molecule has 1 aromatic carbocycles. The number of esters is 1. The fraction of sp³-hybridized carbons (Fsp3) is 0.500. The van der Waals surface area contributed by atoms with Crippen LogP contribution in [-0.2, 0) is 11.2 Å². The number of rotatable bonds is 10. The van der Waals surface area contributed by atoms with Gasteiger partial charge in [-0.05, 0) is 37.3 Å². The van der Waals surface area contributed by atoms with Crippen LogP contribution >= 0.6 is 0 Å². The highest BCUT2D eigenvalue weighted by atomic mass is 16.5. The molecule has 0 radical (unpaired) electrons. The first-order chi connectivity index (χ1) is 10.2. The monoisotopic (exact) mass is 290 g/mol. The molecule has 0 bridgehead atoms. The highest BCUT2D eigenvalue weighted by Crippen LogP contribution is 2.24. The summed E-state index contributed by atoms with van der Waals surface area (Å²) in [4.78, 5) is 11.9. The van der Waals surface area contributed by atoms with Crippen molar-refractivity contribution >= 4 is 5.97 Å². The molecule has 0 aliphatic heterocycles. The van der Waals surface area contributed by atoms with E-state index in [2.05, 4.69) is 6.58 Å². The molecule has 1 aromatic rings. The van der Waals surface area contributed by atoms with E-state index in [0.29, 0.717) is 11.3 Å². The van der Waals surface area contributed by atoms with Gasteiger partial charge in [-0.25, -0.2) is 4.79 Å². The van der Waals surface area contributed by atoms with Crippen molar-refractivity contribution in [1.82, 2.24) is 0 Å². The second-order valence-corrected chi connectivity index (χ2v) is 5.08. The first-order valence-corrected chi connectivity index (χ1v) is 7.59. The molecule has 0 fully saturated rings. The van der Waals surface area contributed by atoms with E-state index in [4.69, 9.17) is 9.47 Å². The van der Waals surface area contributed by atoms with Gasteiger partial charge in [0.15, 0.2) is 0 Å². The van der Waals surface area contributed by atoms with Crippen LogP contribution in [-0.4, -0.2) is 20.2 Å². The third kappa shape index (κ3) is 5.62. The number of unbranched alkanes of at least 4 members (excludes halogenated alkanes) is 5. The van der Waals surface area contributed by atoms with Gasteiger partial charge in [0.2, 0.25) is 0 Å². The molecule has 0 saturated heterocycles. The average Bonchev–Trinajstić information content (AvgIpc) is 2.52. The number of carbonyl (C=O) groups is 1. The Balaban J connectivity index is 2.54. The Labute approximate surface area is 128 Å². The van der Waals surface area contributed by atoms with Crippen molar-refractivity contribution in [3.8, 4) is 5.75 Å². The van der Waals surface area contributed by atoms with E-state index in [-0.39, 0.29) is 5.97 Å². The SMILES string of the molecule is C=CCCCCCCCc1cccc(OC)c1C(=O)OC. The number of aryl methyl sites for hydroxylation is 1. The lowest BCUT2D eigenvalue weighted by molar-refractivity contribution is 0.0595. The fourth-order valence-electron chi connectivity index (χ4n) is 2.42. The van der Waals surface area contributed by atoms with Crippen LogP contribution in [0.4, 0.5) is 0 Å². The zero-order chi connectivity index (χ0) is 15.5. The van der Waals surface area contributed by atoms with Crippen molar-refractivity contribution < 1.29 is 14.3 Å². The maximum absolute atomic E-state index is 11.9. The van der Waals surface area contributed by atoms with Gasteiger partial charge in [0.1, 0.15) is 11.3 Å². The third-order valence-corrected chi connectivity index (χ3v) is 3.58. The van der Waals surface area contributed by atoms with Crippen molar-refractivity contribution in [1.29, 1.82) is 0 Å². The van der Waals surface area contributed by atoms with Crippen molar-refractivity contribution in [2.24, 2.45) is 0 Å². The van der Waals surface area contributed by atoms with Crippen LogP contribution in [0.3, 0.4) is 0 Å². The molecule has 0 atom stereocenters. The summed E-state index contributed by atoms with van der Waals surface area (Å²) >= 11 is 0. The molecule has 0 aromatic heterocycles. The van der Waals surface area contributed by atoms with Gasteiger partial charge in [-0.3, -0.25) is 0 Å². The molecule has 116 valence electrons. The van der Waals surface area contributed by atoms with Crippen molar-refractivity contribution in [3.05, 3.63) is 42.0 Å². The minimum absolute atomic E-state index is 0.326. The molecule has 0 aliphatic carbocycles. The van der Waals surface area contributed by atoms with E-state index >= 15 is 0 Å². The largest absolute Gasteiger partial charge is 0.496 e. The lowest BCUT2D eigenvalue weighted by atomic mass is 9.99. The predicted molar refractivity (Wildman–Crippen MR) is 85.9 cm³/mol. The Bertz CT molecular complexity index is 452. The molecule has 1 rings (SSSR count). The Morgan fingerprint density at radius 2 is 1.86 bits per heavy atom. The number of methoxy groups -OCH3 is 2. The van der Waals surface area contributed by atoms with Gasteiger partial charge in [0.25, 0.3) is 0 Å². The maximum atomic E-state index is 11.9.